The first-order valence-corrected chi connectivity index (χ1v) is 21.0. The molecule has 0 bridgehead atoms. The Morgan fingerprint density at radius 3 is 1.31 bits per heavy atom. The van der Waals surface area contributed by atoms with Gasteiger partial charge in [-0.25, -0.2) is 0 Å². The molecule has 0 saturated carbocycles. The molecule has 0 heterocycles. The molecule has 52 heavy (non-hydrogen) atoms. The lowest BCUT2D eigenvalue weighted by Crippen LogP contribution is -2.27. The molecule has 0 fully saturated rings. The molecule has 0 amide bonds. The second-order valence-electron chi connectivity index (χ2n) is 13.3. The highest BCUT2D eigenvalue weighted by molar-refractivity contribution is 5.69. The molecule has 4 nitrogen and oxygen atoms in total. The summed E-state index contributed by atoms with van der Waals surface area (Å²) in [7, 11) is 0. The van der Waals surface area contributed by atoms with Gasteiger partial charge >= 0.3 is 5.97 Å². The number of hydrogen-bond acceptors (Lipinski definition) is 4. The quantitative estimate of drug-likeness (QED) is 0.0395. The predicted octanol–water partition coefficient (Wildman–Crippen LogP) is 13.9. The standard InChI is InChI=1S/C48H78O4/c1-3-5-7-9-11-13-15-17-19-20-21-22-23-24-25-26-27-28-29-30-32-34-36-38-40-42-44-51-46-47(45-49)52-48(50)43-41-39-37-35-33-31-18-16-14-12-10-8-6-4-2/h5,7,10-13,16-19,21-22,24-25,27-28,30,32,47,49H,3-4,6,8-9,14-15,20,23,26,29,31,33-46H2,1-2H3/b7-5-,12-10-,13-11-,18-16-,19-17-,22-21-,25-24-,28-27-,32-30-. The summed E-state index contributed by atoms with van der Waals surface area (Å²) in [6, 6.07) is 0. The van der Waals surface area contributed by atoms with Crippen molar-refractivity contribution in [1.82, 2.24) is 0 Å². The zero-order valence-electron chi connectivity index (χ0n) is 33.5. The van der Waals surface area contributed by atoms with E-state index in [1.165, 1.54) is 44.9 Å². The van der Waals surface area contributed by atoms with Crippen molar-refractivity contribution < 1.29 is 19.4 Å². The van der Waals surface area contributed by atoms with E-state index in [9.17, 15) is 9.90 Å². The Bertz CT molecular complexity index is 1020. The van der Waals surface area contributed by atoms with Crippen molar-refractivity contribution in [2.45, 2.75) is 168 Å². The first-order chi connectivity index (χ1) is 25.7. The Kier molecular flexibility index (Phi) is 41.7. The zero-order valence-corrected chi connectivity index (χ0v) is 33.5. The molecule has 0 aliphatic rings. The van der Waals surface area contributed by atoms with E-state index in [0.717, 1.165) is 96.3 Å². The van der Waals surface area contributed by atoms with E-state index in [1.807, 2.05) is 0 Å². The molecule has 0 radical (unpaired) electrons. The highest BCUT2D eigenvalue weighted by Gasteiger charge is 2.13. The van der Waals surface area contributed by atoms with Crippen molar-refractivity contribution in [3.63, 3.8) is 0 Å². The third-order valence-electron chi connectivity index (χ3n) is 8.33. The summed E-state index contributed by atoms with van der Waals surface area (Å²) >= 11 is 0. The van der Waals surface area contributed by atoms with Gasteiger partial charge in [0, 0.05) is 13.0 Å². The van der Waals surface area contributed by atoms with E-state index in [4.69, 9.17) is 9.47 Å². The molecule has 0 aromatic heterocycles. The van der Waals surface area contributed by atoms with Crippen LogP contribution in [0.4, 0.5) is 0 Å². The van der Waals surface area contributed by atoms with Gasteiger partial charge in [0.25, 0.3) is 0 Å². The first-order valence-electron chi connectivity index (χ1n) is 21.0. The fourth-order valence-corrected chi connectivity index (χ4v) is 5.20. The van der Waals surface area contributed by atoms with Crippen molar-refractivity contribution in [3.05, 3.63) is 109 Å². The molecule has 1 N–H and O–H groups in total. The van der Waals surface area contributed by atoms with Crippen LogP contribution in [0.2, 0.25) is 0 Å². The van der Waals surface area contributed by atoms with Crippen LogP contribution in [-0.2, 0) is 14.3 Å². The number of ether oxygens (including phenoxy) is 2. The topological polar surface area (TPSA) is 55.8 Å². The van der Waals surface area contributed by atoms with E-state index in [-0.39, 0.29) is 19.2 Å². The summed E-state index contributed by atoms with van der Waals surface area (Å²) in [6.45, 7) is 5.09. The maximum Gasteiger partial charge on any atom is 0.306 e. The maximum atomic E-state index is 12.2. The van der Waals surface area contributed by atoms with Crippen LogP contribution in [0.5, 0.6) is 0 Å². The lowest BCUT2D eigenvalue weighted by molar-refractivity contribution is -0.154. The Hall–Kier alpha value is -2.95. The molecule has 0 aliphatic heterocycles. The summed E-state index contributed by atoms with van der Waals surface area (Å²) in [5.41, 5.74) is 0. The van der Waals surface area contributed by atoms with Crippen molar-refractivity contribution in [2.24, 2.45) is 0 Å². The van der Waals surface area contributed by atoms with E-state index in [0.29, 0.717) is 13.0 Å². The molecule has 0 aromatic carbocycles. The fourth-order valence-electron chi connectivity index (χ4n) is 5.20. The number of rotatable bonds is 37. The van der Waals surface area contributed by atoms with Gasteiger partial charge in [-0.2, -0.15) is 0 Å². The van der Waals surface area contributed by atoms with Crippen LogP contribution in [0.25, 0.3) is 0 Å². The molecule has 4 heteroatoms. The lowest BCUT2D eigenvalue weighted by Gasteiger charge is -2.15. The number of carbonyl (C=O) groups is 1. The number of esters is 1. The number of hydrogen-bond donors (Lipinski definition) is 1. The van der Waals surface area contributed by atoms with Crippen LogP contribution in [0, 0.1) is 0 Å². The van der Waals surface area contributed by atoms with E-state index < -0.39 is 6.10 Å². The Morgan fingerprint density at radius 2 is 0.865 bits per heavy atom. The van der Waals surface area contributed by atoms with Crippen molar-refractivity contribution in [1.29, 1.82) is 0 Å². The van der Waals surface area contributed by atoms with Gasteiger partial charge in [-0.3, -0.25) is 4.79 Å². The molecule has 0 spiro atoms. The van der Waals surface area contributed by atoms with Crippen molar-refractivity contribution in [2.75, 3.05) is 19.8 Å². The number of aliphatic hydroxyl groups excluding tert-OH is 1. The minimum atomic E-state index is -0.563. The fraction of sp³-hybridized carbons (Fsp3) is 0.604. The maximum absolute atomic E-state index is 12.2. The third kappa shape index (κ3) is 41.5. The van der Waals surface area contributed by atoms with Crippen molar-refractivity contribution in [3.8, 4) is 0 Å². The van der Waals surface area contributed by atoms with E-state index >= 15 is 0 Å². The summed E-state index contributed by atoms with van der Waals surface area (Å²) in [5, 5.41) is 9.58. The van der Waals surface area contributed by atoms with Gasteiger partial charge in [0.05, 0.1) is 13.2 Å². The second-order valence-corrected chi connectivity index (χ2v) is 13.3. The molecule has 0 aliphatic carbocycles. The molecule has 294 valence electrons. The van der Waals surface area contributed by atoms with Gasteiger partial charge in [-0.1, -0.05) is 168 Å². The molecule has 0 aromatic rings. The van der Waals surface area contributed by atoms with Gasteiger partial charge in [0.15, 0.2) is 0 Å². The Labute approximate surface area is 321 Å². The number of allylic oxidation sites excluding steroid dienone is 18. The molecular weight excluding hydrogens is 641 g/mol. The molecule has 0 rings (SSSR count). The highest BCUT2D eigenvalue weighted by Crippen LogP contribution is 2.10. The molecule has 0 saturated heterocycles. The van der Waals surface area contributed by atoms with Crippen LogP contribution >= 0.6 is 0 Å². The predicted molar refractivity (Wildman–Crippen MR) is 228 cm³/mol. The summed E-state index contributed by atoms with van der Waals surface area (Å²) < 4.78 is 11.1. The highest BCUT2D eigenvalue weighted by atomic mass is 16.6. The van der Waals surface area contributed by atoms with Crippen molar-refractivity contribution >= 4 is 5.97 Å². The molecule has 1 unspecified atom stereocenters. The first kappa shape index (κ1) is 49.0. The minimum Gasteiger partial charge on any atom is -0.457 e. The van der Waals surface area contributed by atoms with Gasteiger partial charge in [-0.05, 0) is 96.3 Å². The normalized spacial score (nSPS) is 13.5. The number of aliphatic hydroxyl groups is 1. The number of carbonyl (C=O) groups excluding carboxylic acids is 1. The second kappa shape index (κ2) is 44.2. The average Bonchev–Trinajstić information content (AvgIpc) is 3.15. The van der Waals surface area contributed by atoms with Crippen LogP contribution in [0.1, 0.15) is 162 Å². The van der Waals surface area contributed by atoms with Gasteiger partial charge in [0.1, 0.15) is 6.10 Å². The minimum absolute atomic E-state index is 0.196. The van der Waals surface area contributed by atoms with Gasteiger partial charge < -0.3 is 14.6 Å². The SMILES string of the molecule is CC/C=C\C/C=C\C/C=C\C/C=C\C/C=C\C/C=C\C/C=C\CCCCCCOCC(CO)OC(=O)CCCCCCC/C=C\C/C=C\CCCC. The van der Waals surface area contributed by atoms with Crippen LogP contribution < -0.4 is 0 Å². The summed E-state index contributed by atoms with van der Waals surface area (Å²) in [6.07, 6.45) is 64.3. The Morgan fingerprint density at radius 1 is 0.481 bits per heavy atom. The van der Waals surface area contributed by atoms with Gasteiger partial charge in [-0.15, -0.1) is 0 Å². The van der Waals surface area contributed by atoms with Crippen LogP contribution in [0.3, 0.4) is 0 Å². The van der Waals surface area contributed by atoms with E-state index in [1.54, 1.807) is 0 Å². The summed E-state index contributed by atoms with van der Waals surface area (Å²) in [4.78, 5) is 12.2. The number of unbranched alkanes of at least 4 members (excludes halogenated alkanes) is 11. The zero-order chi connectivity index (χ0) is 37.7. The molecular formula is C48H78O4. The average molecular weight is 719 g/mol. The Balaban J connectivity index is 3.59. The summed E-state index contributed by atoms with van der Waals surface area (Å²) in [5.74, 6) is -0.230. The smallest absolute Gasteiger partial charge is 0.306 e. The monoisotopic (exact) mass is 719 g/mol. The largest absolute Gasteiger partial charge is 0.457 e. The van der Waals surface area contributed by atoms with Gasteiger partial charge in [0.2, 0.25) is 0 Å². The third-order valence-corrected chi connectivity index (χ3v) is 8.33. The molecule has 1 atom stereocenters. The van der Waals surface area contributed by atoms with E-state index in [2.05, 4.69) is 123 Å². The van der Waals surface area contributed by atoms with Crippen LogP contribution in [0.15, 0.2) is 109 Å². The van der Waals surface area contributed by atoms with Crippen LogP contribution in [-0.4, -0.2) is 37.0 Å². The lowest BCUT2D eigenvalue weighted by atomic mass is 10.1.